The first kappa shape index (κ1) is 19.2. The summed E-state index contributed by atoms with van der Waals surface area (Å²) in [5, 5.41) is 0. The molecule has 1 aromatic carbocycles. The first-order valence-corrected chi connectivity index (χ1v) is 9.36. The zero-order chi connectivity index (χ0) is 20.4. The van der Waals surface area contributed by atoms with Crippen LogP contribution in [0.2, 0.25) is 0 Å². The van der Waals surface area contributed by atoms with Gasteiger partial charge in [0.05, 0.1) is 18.8 Å². The monoisotopic (exact) mass is 397 g/mol. The van der Waals surface area contributed by atoms with Crippen LogP contribution in [0.4, 0.5) is 0 Å². The lowest BCUT2D eigenvalue weighted by molar-refractivity contribution is -0.143. The van der Waals surface area contributed by atoms with Crippen LogP contribution in [0.25, 0.3) is 0 Å². The summed E-state index contributed by atoms with van der Waals surface area (Å²) >= 11 is 0. The topological polar surface area (TPSA) is 103 Å². The normalized spacial score (nSPS) is 16.3. The molecule has 8 heteroatoms. The number of carbonyl (C=O) groups is 4. The van der Waals surface area contributed by atoms with E-state index in [2.05, 4.69) is 4.90 Å². The number of hydrogen-bond acceptors (Lipinski definition) is 8. The van der Waals surface area contributed by atoms with Crippen molar-refractivity contribution >= 4 is 23.3 Å². The van der Waals surface area contributed by atoms with E-state index in [9.17, 15) is 19.2 Å². The maximum atomic E-state index is 12.6. The molecule has 1 aliphatic heterocycles. The Morgan fingerprint density at radius 2 is 1.69 bits per heavy atom. The Morgan fingerprint density at radius 3 is 2.41 bits per heavy atom. The molecule has 1 aliphatic carbocycles. The Bertz CT molecular complexity index is 932. The third-order valence-corrected chi connectivity index (χ3v) is 4.95. The van der Waals surface area contributed by atoms with Crippen molar-refractivity contribution in [2.24, 2.45) is 0 Å². The number of fused-ring (bicyclic) bond motifs is 2. The molecule has 0 bridgehead atoms. The maximum Gasteiger partial charge on any atom is 0.313 e. The molecular formula is C21H19NO7. The number of esters is 1. The number of ether oxygens (including phenoxy) is 2. The van der Waals surface area contributed by atoms with Crippen LogP contribution >= 0.6 is 0 Å². The van der Waals surface area contributed by atoms with Gasteiger partial charge in [0, 0.05) is 30.8 Å². The highest BCUT2D eigenvalue weighted by Crippen LogP contribution is 2.30. The molecule has 150 valence electrons. The molecule has 2 aliphatic rings. The zero-order valence-corrected chi connectivity index (χ0v) is 15.6. The molecule has 4 rings (SSSR count). The van der Waals surface area contributed by atoms with Gasteiger partial charge in [0.15, 0.2) is 17.3 Å². The molecule has 29 heavy (non-hydrogen) atoms. The molecular weight excluding hydrogens is 378 g/mol. The Morgan fingerprint density at radius 1 is 1.00 bits per heavy atom. The van der Waals surface area contributed by atoms with E-state index in [0.29, 0.717) is 19.8 Å². The minimum atomic E-state index is -0.682. The standard InChI is InChI=1S/C21H19NO7/c23-16(12-18(24)28-10-7-22-5-8-27-9-6-22)17-11-15-19(25)13-3-1-2-4-14(13)20(26)21(15)29-17/h1-4,11H,5-10,12H2. The van der Waals surface area contributed by atoms with Crippen LogP contribution in [0.15, 0.2) is 34.7 Å². The van der Waals surface area contributed by atoms with Crippen molar-refractivity contribution in [3.8, 4) is 0 Å². The molecule has 0 saturated carbocycles. The number of rotatable bonds is 6. The third-order valence-electron chi connectivity index (χ3n) is 4.95. The molecule has 2 heterocycles. The third kappa shape index (κ3) is 3.90. The largest absolute Gasteiger partial charge is 0.464 e. The molecule has 0 radical (unpaired) electrons. The summed E-state index contributed by atoms with van der Waals surface area (Å²) in [5.74, 6) is -2.53. The number of morpholine rings is 1. The average Bonchev–Trinajstić information content (AvgIpc) is 3.19. The molecule has 0 unspecified atom stereocenters. The van der Waals surface area contributed by atoms with Gasteiger partial charge in [-0.2, -0.15) is 0 Å². The first-order valence-electron chi connectivity index (χ1n) is 9.36. The highest BCUT2D eigenvalue weighted by molar-refractivity contribution is 6.28. The fourth-order valence-electron chi connectivity index (χ4n) is 3.39. The summed E-state index contributed by atoms with van der Waals surface area (Å²) in [7, 11) is 0. The van der Waals surface area contributed by atoms with Crippen molar-refractivity contribution in [1.82, 2.24) is 4.90 Å². The Hall–Kier alpha value is -3.10. The van der Waals surface area contributed by atoms with Gasteiger partial charge in [-0.3, -0.25) is 24.1 Å². The lowest BCUT2D eigenvalue weighted by Crippen LogP contribution is -2.38. The Labute approximate surface area is 166 Å². The number of benzene rings is 1. The van der Waals surface area contributed by atoms with E-state index in [1.54, 1.807) is 18.2 Å². The fourth-order valence-corrected chi connectivity index (χ4v) is 3.39. The van der Waals surface area contributed by atoms with E-state index < -0.39 is 24.0 Å². The molecule has 8 nitrogen and oxygen atoms in total. The van der Waals surface area contributed by atoms with E-state index in [1.165, 1.54) is 12.1 Å². The second kappa shape index (κ2) is 8.10. The van der Waals surface area contributed by atoms with Gasteiger partial charge in [-0.25, -0.2) is 0 Å². The minimum absolute atomic E-state index is 0.0396. The zero-order valence-electron chi connectivity index (χ0n) is 15.6. The lowest BCUT2D eigenvalue weighted by Gasteiger charge is -2.26. The SMILES string of the molecule is O=C(CC(=O)c1cc2c(o1)C(=O)c1ccccc1C2=O)OCCN1CCOCC1. The van der Waals surface area contributed by atoms with Crippen molar-refractivity contribution < 1.29 is 33.1 Å². The van der Waals surface area contributed by atoms with Crippen molar-refractivity contribution in [3.63, 3.8) is 0 Å². The van der Waals surface area contributed by atoms with Crippen LogP contribution in [0.5, 0.6) is 0 Å². The van der Waals surface area contributed by atoms with Crippen LogP contribution in [0.1, 0.15) is 49.0 Å². The van der Waals surface area contributed by atoms with Crippen LogP contribution in [0.3, 0.4) is 0 Å². The fraction of sp³-hybridized carbons (Fsp3) is 0.333. The Balaban J connectivity index is 1.38. The molecule has 2 aromatic rings. The maximum absolute atomic E-state index is 12.6. The van der Waals surface area contributed by atoms with Crippen molar-refractivity contribution in [3.05, 3.63) is 58.5 Å². The first-order chi connectivity index (χ1) is 14.0. The van der Waals surface area contributed by atoms with E-state index in [1.807, 2.05) is 0 Å². The molecule has 1 fully saturated rings. The smallest absolute Gasteiger partial charge is 0.313 e. The van der Waals surface area contributed by atoms with Crippen molar-refractivity contribution in [1.29, 1.82) is 0 Å². The quantitative estimate of drug-likeness (QED) is 0.350. The number of furan rings is 1. The number of nitrogens with zero attached hydrogens (tertiary/aromatic N) is 1. The van der Waals surface area contributed by atoms with Crippen molar-refractivity contribution in [2.45, 2.75) is 6.42 Å². The second-order valence-electron chi connectivity index (χ2n) is 6.83. The second-order valence-corrected chi connectivity index (χ2v) is 6.83. The molecule has 0 atom stereocenters. The van der Waals surface area contributed by atoms with Crippen LogP contribution < -0.4 is 0 Å². The molecule has 0 spiro atoms. The number of ketones is 3. The van der Waals surface area contributed by atoms with E-state index >= 15 is 0 Å². The van der Waals surface area contributed by atoms with Gasteiger partial charge in [-0.1, -0.05) is 24.3 Å². The number of Topliss-reactive ketones (excluding diaryl/α,β-unsaturated/α-hetero) is 1. The number of hydrogen-bond donors (Lipinski definition) is 0. The van der Waals surface area contributed by atoms with Crippen molar-refractivity contribution in [2.75, 3.05) is 39.5 Å². The van der Waals surface area contributed by atoms with Crippen LogP contribution in [-0.4, -0.2) is 67.7 Å². The van der Waals surface area contributed by atoms with E-state index in [0.717, 1.165) is 13.1 Å². The van der Waals surface area contributed by atoms with E-state index in [4.69, 9.17) is 13.9 Å². The summed E-state index contributed by atoms with van der Waals surface area (Å²) in [6.45, 7) is 3.60. The minimum Gasteiger partial charge on any atom is -0.464 e. The molecule has 0 amide bonds. The van der Waals surface area contributed by atoms with Crippen LogP contribution in [-0.2, 0) is 14.3 Å². The Kier molecular flexibility index (Phi) is 5.37. The highest BCUT2D eigenvalue weighted by atomic mass is 16.5. The summed E-state index contributed by atoms with van der Waals surface area (Å²) < 4.78 is 15.7. The summed E-state index contributed by atoms with van der Waals surface area (Å²) in [6, 6.07) is 7.63. The van der Waals surface area contributed by atoms with Gasteiger partial charge < -0.3 is 13.9 Å². The lowest BCUT2D eigenvalue weighted by atomic mass is 9.88. The predicted molar refractivity (Wildman–Crippen MR) is 99.2 cm³/mol. The van der Waals surface area contributed by atoms with Gasteiger partial charge in [0.25, 0.3) is 0 Å². The van der Waals surface area contributed by atoms with Crippen LogP contribution in [0, 0.1) is 0 Å². The van der Waals surface area contributed by atoms with Gasteiger partial charge in [-0.05, 0) is 6.07 Å². The molecule has 1 saturated heterocycles. The summed E-state index contributed by atoms with van der Waals surface area (Å²) in [5.41, 5.74) is 0.547. The van der Waals surface area contributed by atoms with Gasteiger partial charge in [-0.15, -0.1) is 0 Å². The van der Waals surface area contributed by atoms with E-state index in [-0.39, 0.29) is 40.6 Å². The predicted octanol–water partition coefficient (Wildman–Crippen LogP) is 1.50. The average molecular weight is 397 g/mol. The van der Waals surface area contributed by atoms with Gasteiger partial charge in [0.1, 0.15) is 13.0 Å². The molecule has 1 aromatic heterocycles. The summed E-state index contributed by atoms with van der Waals surface area (Å²) in [4.78, 5) is 51.6. The van der Waals surface area contributed by atoms with Gasteiger partial charge >= 0.3 is 5.97 Å². The highest BCUT2D eigenvalue weighted by Gasteiger charge is 2.34. The van der Waals surface area contributed by atoms with Gasteiger partial charge in [0.2, 0.25) is 11.6 Å². The number of carbonyl (C=O) groups excluding carboxylic acids is 4. The summed E-state index contributed by atoms with van der Waals surface area (Å²) in [6.07, 6.45) is -0.523. The molecule has 0 N–H and O–H groups in total.